The van der Waals surface area contributed by atoms with Gasteiger partial charge >= 0.3 is 5.97 Å². The number of pyridine rings is 1. The second kappa shape index (κ2) is 4.23. The molecule has 13 heavy (non-hydrogen) atoms. The quantitative estimate of drug-likeness (QED) is 0.540. The summed E-state index contributed by atoms with van der Waals surface area (Å²) in [6, 6.07) is 3.40. The molecule has 4 heteroatoms. The van der Waals surface area contributed by atoms with Gasteiger partial charge in [-0.2, -0.15) is 0 Å². The van der Waals surface area contributed by atoms with E-state index in [1.54, 1.807) is 25.3 Å². The number of aromatic nitrogens is 1. The van der Waals surface area contributed by atoms with Crippen LogP contribution < -0.4 is 0 Å². The molecule has 1 atom stereocenters. The molecule has 1 unspecified atom stereocenters. The second-order valence-corrected chi connectivity index (χ2v) is 3.04. The van der Waals surface area contributed by atoms with Crippen LogP contribution in [0.15, 0.2) is 18.3 Å². The predicted octanol–water partition coefficient (Wildman–Crippen LogP) is 2.01. The highest BCUT2D eigenvalue weighted by molar-refractivity contribution is 6.29. The zero-order chi connectivity index (χ0) is 9.84. The van der Waals surface area contributed by atoms with Crippen LogP contribution in [0, 0.1) is 0 Å². The van der Waals surface area contributed by atoms with Crippen molar-refractivity contribution in [3.8, 4) is 0 Å². The third-order valence-corrected chi connectivity index (χ3v) is 2.01. The Kier molecular flexibility index (Phi) is 3.25. The van der Waals surface area contributed by atoms with Gasteiger partial charge in [-0.3, -0.25) is 4.79 Å². The summed E-state index contributed by atoms with van der Waals surface area (Å²) < 4.78 is 4.60. The van der Waals surface area contributed by atoms with Gasteiger partial charge in [0.2, 0.25) is 0 Å². The monoisotopic (exact) mass is 199 g/mol. The van der Waals surface area contributed by atoms with Gasteiger partial charge in [0.05, 0.1) is 13.0 Å². The van der Waals surface area contributed by atoms with Crippen molar-refractivity contribution in [2.75, 3.05) is 7.11 Å². The molecule has 0 spiro atoms. The van der Waals surface area contributed by atoms with Gasteiger partial charge in [-0.1, -0.05) is 11.6 Å². The summed E-state index contributed by atoms with van der Waals surface area (Å²) in [6.07, 6.45) is 1.57. The summed E-state index contributed by atoms with van der Waals surface area (Å²) in [5.74, 6) is -0.576. The Morgan fingerprint density at radius 2 is 2.38 bits per heavy atom. The van der Waals surface area contributed by atoms with Gasteiger partial charge in [0.1, 0.15) is 5.15 Å². The number of esters is 1. The maximum Gasteiger partial charge on any atom is 0.312 e. The Morgan fingerprint density at radius 1 is 1.69 bits per heavy atom. The lowest BCUT2D eigenvalue weighted by molar-refractivity contribution is -0.141. The predicted molar refractivity (Wildman–Crippen MR) is 49.7 cm³/mol. The van der Waals surface area contributed by atoms with Crippen molar-refractivity contribution in [1.29, 1.82) is 0 Å². The van der Waals surface area contributed by atoms with Gasteiger partial charge in [0, 0.05) is 6.20 Å². The van der Waals surface area contributed by atoms with E-state index in [-0.39, 0.29) is 11.9 Å². The standard InChI is InChI=1S/C9H10ClNO2/c1-6(9(12)13-2)7-3-4-11-8(10)5-7/h3-6H,1-2H3. The van der Waals surface area contributed by atoms with Crippen LogP contribution in [-0.4, -0.2) is 18.1 Å². The number of nitrogens with zero attached hydrogens (tertiary/aromatic N) is 1. The Labute approximate surface area is 81.7 Å². The number of rotatable bonds is 2. The van der Waals surface area contributed by atoms with E-state index in [2.05, 4.69) is 9.72 Å². The third kappa shape index (κ3) is 2.42. The minimum Gasteiger partial charge on any atom is -0.469 e. The summed E-state index contributed by atoms with van der Waals surface area (Å²) in [4.78, 5) is 15.0. The van der Waals surface area contributed by atoms with Gasteiger partial charge in [-0.15, -0.1) is 0 Å². The topological polar surface area (TPSA) is 39.2 Å². The Bertz CT molecular complexity index is 314. The lowest BCUT2D eigenvalue weighted by atomic mass is 10.0. The number of hydrogen-bond donors (Lipinski definition) is 0. The van der Waals surface area contributed by atoms with Crippen LogP contribution in [0.25, 0.3) is 0 Å². The molecule has 0 aliphatic heterocycles. The van der Waals surface area contributed by atoms with E-state index in [9.17, 15) is 4.79 Å². The molecule has 0 radical (unpaired) electrons. The molecule has 0 amide bonds. The fourth-order valence-corrected chi connectivity index (χ4v) is 1.18. The van der Waals surface area contributed by atoms with E-state index in [4.69, 9.17) is 11.6 Å². The molecule has 0 aliphatic carbocycles. The number of ether oxygens (including phenoxy) is 1. The van der Waals surface area contributed by atoms with Crippen LogP contribution in [0.3, 0.4) is 0 Å². The first-order valence-corrected chi connectivity index (χ1v) is 4.22. The van der Waals surface area contributed by atoms with Crippen molar-refractivity contribution in [1.82, 2.24) is 4.98 Å². The average Bonchev–Trinajstić information content (AvgIpc) is 2.15. The van der Waals surface area contributed by atoms with Crippen molar-refractivity contribution >= 4 is 17.6 Å². The average molecular weight is 200 g/mol. The van der Waals surface area contributed by atoms with Crippen molar-refractivity contribution in [2.45, 2.75) is 12.8 Å². The largest absolute Gasteiger partial charge is 0.469 e. The molecular formula is C9H10ClNO2. The Hall–Kier alpha value is -1.09. The lowest BCUT2D eigenvalue weighted by Gasteiger charge is -2.08. The normalized spacial score (nSPS) is 12.2. The fourth-order valence-electron chi connectivity index (χ4n) is 1.000. The highest BCUT2D eigenvalue weighted by Crippen LogP contribution is 2.18. The van der Waals surface area contributed by atoms with Crippen LogP contribution in [0.1, 0.15) is 18.4 Å². The molecule has 1 rings (SSSR count). The molecular weight excluding hydrogens is 190 g/mol. The first-order valence-electron chi connectivity index (χ1n) is 3.84. The first-order chi connectivity index (χ1) is 6.15. The Balaban J connectivity index is 2.88. The van der Waals surface area contributed by atoms with E-state index in [1.807, 2.05) is 0 Å². The number of halogens is 1. The molecule has 0 saturated heterocycles. The number of methoxy groups -OCH3 is 1. The smallest absolute Gasteiger partial charge is 0.312 e. The van der Waals surface area contributed by atoms with E-state index in [0.717, 1.165) is 5.56 Å². The maximum atomic E-state index is 11.1. The molecule has 3 nitrogen and oxygen atoms in total. The number of hydrogen-bond acceptors (Lipinski definition) is 3. The van der Waals surface area contributed by atoms with Crippen LogP contribution in [0.2, 0.25) is 5.15 Å². The molecule has 1 heterocycles. The first kappa shape index (κ1) is 9.99. The highest BCUT2D eigenvalue weighted by atomic mass is 35.5. The molecule has 0 N–H and O–H groups in total. The van der Waals surface area contributed by atoms with Crippen LogP contribution >= 0.6 is 11.6 Å². The molecule has 0 saturated carbocycles. The lowest BCUT2D eigenvalue weighted by Crippen LogP contribution is -2.10. The van der Waals surface area contributed by atoms with Crippen molar-refractivity contribution in [3.63, 3.8) is 0 Å². The van der Waals surface area contributed by atoms with E-state index in [0.29, 0.717) is 5.15 Å². The van der Waals surface area contributed by atoms with Gasteiger partial charge in [0.25, 0.3) is 0 Å². The van der Waals surface area contributed by atoms with Gasteiger partial charge in [0.15, 0.2) is 0 Å². The molecule has 0 aliphatic rings. The second-order valence-electron chi connectivity index (χ2n) is 2.66. The molecule has 0 fully saturated rings. The molecule has 0 aromatic carbocycles. The molecule has 1 aromatic rings. The molecule has 1 aromatic heterocycles. The summed E-state index contributed by atoms with van der Waals surface area (Å²) in [5, 5.41) is 0.383. The SMILES string of the molecule is COC(=O)C(C)c1ccnc(Cl)c1. The zero-order valence-electron chi connectivity index (χ0n) is 7.45. The summed E-state index contributed by atoms with van der Waals surface area (Å²) >= 11 is 5.67. The van der Waals surface area contributed by atoms with Crippen LogP contribution in [0.4, 0.5) is 0 Å². The minimum atomic E-state index is -0.300. The summed E-state index contributed by atoms with van der Waals surface area (Å²) in [6.45, 7) is 1.76. The molecule has 70 valence electrons. The molecule has 0 bridgehead atoms. The van der Waals surface area contributed by atoms with Gasteiger partial charge in [-0.05, 0) is 24.6 Å². The minimum absolute atomic E-state index is 0.276. The van der Waals surface area contributed by atoms with Crippen LogP contribution in [-0.2, 0) is 9.53 Å². The van der Waals surface area contributed by atoms with E-state index < -0.39 is 0 Å². The number of carbonyl (C=O) groups excluding carboxylic acids is 1. The van der Waals surface area contributed by atoms with E-state index in [1.165, 1.54) is 7.11 Å². The van der Waals surface area contributed by atoms with Gasteiger partial charge < -0.3 is 4.74 Å². The van der Waals surface area contributed by atoms with Gasteiger partial charge in [-0.25, -0.2) is 4.98 Å². The fraction of sp³-hybridized carbons (Fsp3) is 0.333. The summed E-state index contributed by atoms with van der Waals surface area (Å²) in [5.41, 5.74) is 0.812. The maximum absolute atomic E-state index is 11.1. The third-order valence-electron chi connectivity index (χ3n) is 1.81. The Morgan fingerprint density at radius 3 is 2.92 bits per heavy atom. The highest BCUT2D eigenvalue weighted by Gasteiger charge is 2.15. The number of carbonyl (C=O) groups is 1. The van der Waals surface area contributed by atoms with Crippen molar-refractivity contribution < 1.29 is 9.53 Å². The van der Waals surface area contributed by atoms with Crippen molar-refractivity contribution in [3.05, 3.63) is 29.0 Å². The zero-order valence-corrected chi connectivity index (χ0v) is 8.21. The van der Waals surface area contributed by atoms with E-state index >= 15 is 0 Å². The van der Waals surface area contributed by atoms with Crippen LogP contribution in [0.5, 0.6) is 0 Å². The summed E-state index contributed by atoms with van der Waals surface area (Å²) in [7, 11) is 1.36. The van der Waals surface area contributed by atoms with Crippen molar-refractivity contribution in [2.24, 2.45) is 0 Å².